The van der Waals surface area contributed by atoms with Gasteiger partial charge in [-0.1, -0.05) is 6.08 Å². The molecule has 0 aromatic carbocycles. The summed E-state index contributed by atoms with van der Waals surface area (Å²) >= 11 is 0. The van der Waals surface area contributed by atoms with Gasteiger partial charge in [0.15, 0.2) is 0 Å². The van der Waals surface area contributed by atoms with E-state index in [2.05, 4.69) is 20.6 Å². The van der Waals surface area contributed by atoms with Crippen molar-refractivity contribution in [2.45, 2.75) is 13.1 Å². The molecule has 3 N–H and O–H groups in total. The Hall–Kier alpha value is -2.25. The predicted molar refractivity (Wildman–Crippen MR) is 59.3 cm³/mol. The number of anilines is 1. The van der Waals surface area contributed by atoms with Crippen molar-refractivity contribution in [2.75, 3.05) is 5.32 Å². The molecule has 5 nitrogen and oxygen atoms in total. The van der Waals surface area contributed by atoms with Crippen LogP contribution in [0.25, 0.3) is 0 Å². The Bertz CT molecular complexity index is 457. The Kier molecular flexibility index (Phi) is 4.52. The molecule has 0 aliphatic rings. The standard InChI is InChI=1S/C10H11F3N4O/c1-2-4-14-8(6-18)16-7-3-5-15-9(17-7)10(11,12)13/h2-6,14,18H,1H3,(H,15,16,17)/b4-2+,8-6?. The number of allylic oxidation sites excluding steroid dienone is 1. The first kappa shape index (κ1) is 13.8. The molecule has 1 rings (SSSR count). The van der Waals surface area contributed by atoms with E-state index in [9.17, 15) is 13.2 Å². The number of halogens is 3. The van der Waals surface area contributed by atoms with Crippen molar-refractivity contribution in [3.63, 3.8) is 0 Å². The number of aromatic nitrogens is 2. The molecule has 0 atom stereocenters. The fraction of sp³-hybridized carbons (Fsp3) is 0.200. The van der Waals surface area contributed by atoms with E-state index in [1.165, 1.54) is 12.3 Å². The number of aliphatic hydroxyl groups excluding tert-OH is 1. The molecular weight excluding hydrogens is 249 g/mol. The summed E-state index contributed by atoms with van der Waals surface area (Å²) in [6.45, 7) is 1.73. The highest BCUT2D eigenvalue weighted by Crippen LogP contribution is 2.26. The van der Waals surface area contributed by atoms with Gasteiger partial charge in [0.25, 0.3) is 0 Å². The molecule has 0 saturated carbocycles. The van der Waals surface area contributed by atoms with E-state index in [0.29, 0.717) is 6.26 Å². The first-order valence-electron chi connectivity index (χ1n) is 4.86. The van der Waals surface area contributed by atoms with E-state index in [0.717, 1.165) is 6.20 Å². The lowest BCUT2D eigenvalue weighted by Crippen LogP contribution is -2.17. The van der Waals surface area contributed by atoms with E-state index >= 15 is 0 Å². The zero-order chi connectivity index (χ0) is 13.6. The third kappa shape index (κ3) is 3.96. The molecule has 98 valence electrons. The molecule has 1 aromatic heterocycles. The average molecular weight is 260 g/mol. The first-order valence-corrected chi connectivity index (χ1v) is 4.86. The number of hydrogen-bond donors (Lipinski definition) is 3. The lowest BCUT2D eigenvalue weighted by molar-refractivity contribution is -0.144. The highest BCUT2D eigenvalue weighted by atomic mass is 19.4. The van der Waals surface area contributed by atoms with Crippen molar-refractivity contribution in [3.8, 4) is 0 Å². The maximum absolute atomic E-state index is 12.3. The van der Waals surface area contributed by atoms with Gasteiger partial charge in [-0.25, -0.2) is 9.97 Å². The van der Waals surface area contributed by atoms with Crippen LogP contribution in [0.5, 0.6) is 0 Å². The number of nitrogens with zero attached hydrogens (tertiary/aromatic N) is 2. The van der Waals surface area contributed by atoms with Crippen LogP contribution in [0.1, 0.15) is 12.7 Å². The molecule has 0 aliphatic heterocycles. The van der Waals surface area contributed by atoms with E-state index in [1.54, 1.807) is 13.0 Å². The maximum Gasteiger partial charge on any atom is 0.451 e. The Morgan fingerprint density at radius 2 is 2.17 bits per heavy atom. The van der Waals surface area contributed by atoms with Gasteiger partial charge in [0, 0.05) is 6.20 Å². The summed E-state index contributed by atoms with van der Waals surface area (Å²) in [5.41, 5.74) is 0. The van der Waals surface area contributed by atoms with E-state index in [4.69, 9.17) is 5.11 Å². The third-order valence-electron chi connectivity index (χ3n) is 1.71. The van der Waals surface area contributed by atoms with Gasteiger partial charge in [0.1, 0.15) is 17.9 Å². The molecule has 8 heteroatoms. The molecule has 1 aromatic rings. The van der Waals surface area contributed by atoms with Crippen LogP contribution in [-0.4, -0.2) is 15.1 Å². The van der Waals surface area contributed by atoms with Crippen LogP contribution in [0.2, 0.25) is 0 Å². The van der Waals surface area contributed by atoms with Crippen LogP contribution in [0.15, 0.2) is 36.6 Å². The van der Waals surface area contributed by atoms with Crippen molar-refractivity contribution in [2.24, 2.45) is 0 Å². The van der Waals surface area contributed by atoms with Gasteiger partial charge < -0.3 is 15.7 Å². The third-order valence-corrected chi connectivity index (χ3v) is 1.71. The van der Waals surface area contributed by atoms with Gasteiger partial charge in [0.2, 0.25) is 5.82 Å². The molecular formula is C10H11F3N4O. The van der Waals surface area contributed by atoms with Gasteiger partial charge in [-0.2, -0.15) is 13.2 Å². The van der Waals surface area contributed by atoms with Crippen LogP contribution >= 0.6 is 0 Å². The van der Waals surface area contributed by atoms with Gasteiger partial charge >= 0.3 is 6.18 Å². The molecule has 0 unspecified atom stereocenters. The summed E-state index contributed by atoms with van der Waals surface area (Å²) in [4.78, 5) is 6.39. The maximum atomic E-state index is 12.3. The minimum absolute atomic E-state index is 0.0833. The van der Waals surface area contributed by atoms with Crippen LogP contribution in [-0.2, 0) is 6.18 Å². The molecule has 0 amide bonds. The molecule has 0 aliphatic carbocycles. The zero-order valence-corrected chi connectivity index (χ0v) is 9.36. The minimum Gasteiger partial charge on any atom is -0.512 e. The van der Waals surface area contributed by atoms with Crippen molar-refractivity contribution >= 4 is 5.82 Å². The second-order valence-corrected chi connectivity index (χ2v) is 3.08. The highest BCUT2D eigenvalue weighted by Gasteiger charge is 2.34. The van der Waals surface area contributed by atoms with E-state index in [1.807, 2.05) is 0 Å². The number of rotatable bonds is 4. The number of hydrogen-bond acceptors (Lipinski definition) is 5. The Morgan fingerprint density at radius 3 is 2.72 bits per heavy atom. The van der Waals surface area contributed by atoms with Gasteiger partial charge in [-0.05, 0) is 19.2 Å². The summed E-state index contributed by atoms with van der Waals surface area (Å²) in [5, 5.41) is 13.9. The average Bonchev–Trinajstić information content (AvgIpc) is 2.33. The lowest BCUT2D eigenvalue weighted by Gasteiger charge is -2.10. The Balaban J connectivity index is 2.85. The summed E-state index contributed by atoms with van der Waals surface area (Å²) in [5.74, 6) is -1.26. The number of aliphatic hydroxyl groups is 1. The van der Waals surface area contributed by atoms with Crippen LogP contribution in [0, 0.1) is 0 Å². The Morgan fingerprint density at radius 1 is 1.44 bits per heavy atom. The van der Waals surface area contributed by atoms with Crippen molar-refractivity contribution in [3.05, 3.63) is 42.4 Å². The van der Waals surface area contributed by atoms with Crippen molar-refractivity contribution < 1.29 is 18.3 Å². The van der Waals surface area contributed by atoms with Gasteiger partial charge in [0.05, 0.1) is 0 Å². The predicted octanol–water partition coefficient (Wildman–Crippen LogP) is 2.39. The first-order chi connectivity index (χ1) is 8.47. The molecule has 0 fully saturated rings. The monoisotopic (exact) mass is 260 g/mol. The highest BCUT2D eigenvalue weighted by molar-refractivity contribution is 5.39. The largest absolute Gasteiger partial charge is 0.512 e. The molecule has 1 heterocycles. The molecule has 0 bridgehead atoms. The molecule has 18 heavy (non-hydrogen) atoms. The normalized spacial score (nSPS) is 12.8. The van der Waals surface area contributed by atoms with Crippen LogP contribution in [0.3, 0.4) is 0 Å². The summed E-state index contributed by atoms with van der Waals surface area (Å²) in [6.07, 6.45) is 0.170. The SMILES string of the molecule is C/C=C/NC(=CO)Nc1ccnc(C(F)(F)F)n1. The quantitative estimate of drug-likeness (QED) is 0.725. The van der Waals surface area contributed by atoms with Gasteiger partial charge in [-0.15, -0.1) is 0 Å². The summed E-state index contributed by atoms with van der Waals surface area (Å²) in [6, 6.07) is 1.25. The summed E-state index contributed by atoms with van der Waals surface area (Å²) < 4.78 is 37.0. The van der Waals surface area contributed by atoms with E-state index in [-0.39, 0.29) is 11.6 Å². The fourth-order valence-electron chi connectivity index (χ4n) is 0.982. The number of alkyl halides is 3. The topological polar surface area (TPSA) is 70.1 Å². The van der Waals surface area contributed by atoms with Gasteiger partial charge in [-0.3, -0.25) is 0 Å². The van der Waals surface area contributed by atoms with Crippen LogP contribution < -0.4 is 10.6 Å². The van der Waals surface area contributed by atoms with Crippen LogP contribution in [0.4, 0.5) is 19.0 Å². The second-order valence-electron chi connectivity index (χ2n) is 3.08. The molecule has 0 saturated heterocycles. The lowest BCUT2D eigenvalue weighted by atomic mass is 10.5. The number of nitrogens with one attached hydrogen (secondary N) is 2. The second kappa shape index (κ2) is 5.89. The fourth-order valence-corrected chi connectivity index (χ4v) is 0.982. The van der Waals surface area contributed by atoms with E-state index < -0.39 is 12.0 Å². The minimum atomic E-state index is -4.61. The molecule has 0 radical (unpaired) electrons. The summed E-state index contributed by atoms with van der Waals surface area (Å²) in [7, 11) is 0. The van der Waals surface area contributed by atoms with Crippen molar-refractivity contribution in [1.82, 2.24) is 15.3 Å². The Labute approximate surface area is 101 Å². The zero-order valence-electron chi connectivity index (χ0n) is 9.36. The molecule has 0 spiro atoms. The van der Waals surface area contributed by atoms with Crippen molar-refractivity contribution in [1.29, 1.82) is 0 Å². The smallest absolute Gasteiger partial charge is 0.451 e.